The lowest BCUT2D eigenvalue weighted by molar-refractivity contribution is -0.142. The maximum atomic E-state index is 12.8. The highest BCUT2D eigenvalue weighted by Gasteiger charge is 2.46. The predicted octanol–water partition coefficient (Wildman–Crippen LogP) is 2.07. The zero-order chi connectivity index (χ0) is 20.4. The van der Waals surface area contributed by atoms with Crippen LogP contribution in [0.3, 0.4) is 0 Å². The Morgan fingerprint density at radius 2 is 1.81 bits per heavy atom. The van der Waals surface area contributed by atoms with E-state index in [-0.39, 0.29) is 18.7 Å². The molecule has 150 valence electrons. The predicted molar refractivity (Wildman–Crippen MR) is 98.4 cm³/mol. The maximum absolute atomic E-state index is 12.8. The first-order valence-electron chi connectivity index (χ1n) is 8.50. The molecule has 0 saturated carbocycles. The zero-order valence-corrected chi connectivity index (χ0v) is 16.7. The Hall–Kier alpha value is -2.29. The van der Waals surface area contributed by atoms with Crippen LogP contribution in [0.4, 0.5) is 4.79 Å². The maximum Gasteiger partial charge on any atom is 0.411 e. The van der Waals surface area contributed by atoms with E-state index in [1.165, 1.54) is 7.11 Å². The number of likely N-dealkylation sites (tertiary alicyclic amines) is 1. The third-order valence-electron chi connectivity index (χ3n) is 4.21. The van der Waals surface area contributed by atoms with Gasteiger partial charge in [-0.3, -0.25) is 4.90 Å². The number of methoxy groups -OCH3 is 1. The summed E-state index contributed by atoms with van der Waals surface area (Å²) in [5.41, 5.74) is -0.237. The molecule has 1 fully saturated rings. The smallest absolute Gasteiger partial charge is 0.411 e. The number of ether oxygens (including phenoxy) is 2. The van der Waals surface area contributed by atoms with Crippen molar-refractivity contribution in [1.82, 2.24) is 4.90 Å². The molecule has 0 radical (unpaired) electrons. The minimum absolute atomic E-state index is 0.160. The van der Waals surface area contributed by atoms with Crippen LogP contribution in [0.15, 0.2) is 24.3 Å². The SMILES string of the molecule is COc1ccc(CS(=O)(=O)[C@@H]2CC(C(=O)O)N(C(=O)OC(C)(C)C)C2)cc1. The van der Waals surface area contributed by atoms with E-state index < -0.39 is 38.8 Å². The van der Waals surface area contributed by atoms with E-state index in [0.717, 1.165) is 4.90 Å². The van der Waals surface area contributed by atoms with Crippen molar-refractivity contribution >= 4 is 21.9 Å². The number of hydrogen-bond donors (Lipinski definition) is 1. The summed E-state index contributed by atoms with van der Waals surface area (Å²) in [7, 11) is -2.15. The number of carboxylic acid groups (broad SMARTS) is 1. The molecule has 9 heteroatoms. The van der Waals surface area contributed by atoms with Gasteiger partial charge in [-0.15, -0.1) is 0 Å². The summed E-state index contributed by atoms with van der Waals surface area (Å²) in [6, 6.07) is 5.38. The fourth-order valence-corrected chi connectivity index (χ4v) is 4.64. The highest BCUT2D eigenvalue weighted by atomic mass is 32.2. The van der Waals surface area contributed by atoms with Crippen LogP contribution in [-0.2, 0) is 25.1 Å². The Kier molecular flexibility index (Phi) is 6.04. The van der Waals surface area contributed by atoms with Crippen molar-refractivity contribution in [1.29, 1.82) is 0 Å². The van der Waals surface area contributed by atoms with Gasteiger partial charge < -0.3 is 14.6 Å². The fourth-order valence-electron chi connectivity index (χ4n) is 2.89. The number of nitrogens with zero attached hydrogens (tertiary/aromatic N) is 1. The van der Waals surface area contributed by atoms with Crippen LogP contribution in [0, 0.1) is 0 Å². The molecule has 0 bridgehead atoms. The lowest BCUT2D eigenvalue weighted by atomic mass is 10.2. The summed E-state index contributed by atoms with van der Waals surface area (Å²) >= 11 is 0. The molecule has 1 aromatic rings. The highest BCUT2D eigenvalue weighted by molar-refractivity contribution is 7.91. The molecule has 0 aliphatic carbocycles. The number of aliphatic carboxylic acids is 1. The number of rotatable bonds is 5. The van der Waals surface area contributed by atoms with Gasteiger partial charge in [-0.1, -0.05) is 12.1 Å². The molecule has 27 heavy (non-hydrogen) atoms. The standard InChI is InChI=1S/C18H25NO7S/c1-18(2,3)26-17(22)19-10-14(9-15(19)16(20)21)27(23,24)11-12-5-7-13(25-4)8-6-12/h5-8,14-15H,9-11H2,1-4H3,(H,20,21)/t14-,15?/m1/s1. The minimum atomic E-state index is -3.66. The van der Waals surface area contributed by atoms with Crippen molar-refractivity contribution in [2.75, 3.05) is 13.7 Å². The second-order valence-corrected chi connectivity index (χ2v) is 9.78. The van der Waals surface area contributed by atoms with Crippen molar-refractivity contribution in [3.05, 3.63) is 29.8 Å². The van der Waals surface area contributed by atoms with Gasteiger partial charge in [0.05, 0.1) is 18.1 Å². The van der Waals surface area contributed by atoms with Crippen LogP contribution in [-0.4, -0.2) is 61.0 Å². The quantitative estimate of drug-likeness (QED) is 0.807. The summed E-state index contributed by atoms with van der Waals surface area (Å²) in [6.45, 7) is 4.78. The van der Waals surface area contributed by atoms with Crippen molar-refractivity contribution in [2.24, 2.45) is 0 Å². The number of hydrogen-bond acceptors (Lipinski definition) is 6. The highest BCUT2D eigenvalue weighted by Crippen LogP contribution is 2.28. The molecule has 0 aromatic heterocycles. The van der Waals surface area contributed by atoms with Gasteiger partial charge in [-0.05, 0) is 44.9 Å². The van der Waals surface area contributed by atoms with E-state index >= 15 is 0 Å². The van der Waals surface area contributed by atoms with Crippen molar-refractivity contribution in [2.45, 2.75) is 49.8 Å². The number of sulfone groups is 1. The number of carbonyl (C=O) groups is 2. The molecule has 0 spiro atoms. The first kappa shape index (κ1) is 21.0. The Balaban J connectivity index is 2.17. The molecule has 1 aromatic carbocycles. The van der Waals surface area contributed by atoms with Gasteiger partial charge in [-0.2, -0.15) is 0 Å². The molecule has 1 unspecified atom stereocenters. The van der Waals surface area contributed by atoms with Crippen molar-refractivity contribution < 1.29 is 32.6 Å². The normalized spacial score (nSPS) is 20.4. The van der Waals surface area contributed by atoms with Crippen LogP contribution in [0.1, 0.15) is 32.8 Å². The van der Waals surface area contributed by atoms with E-state index in [9.17, 15) is 23.1 Å². The van der Waals surface area contributed by atoms with Gasteiger partial charge in [0, 0.05) is 6.54 Å². The zero-order valence-electron chi connectivity index (χ0n) is 15.8. The first-order valence-corrected chi connectivity index (χ1v) is 10.2. The van der Waals surface area contributed by atoms with E-state index in [1.807, 2.05) is 0 Å². The summed E-state index contributed by atoms with van der Waals surface area (Å²) in [5, 5.41) is 8.44. The van der Waals surface area contributed by atoms with Crippen molar-refractivity contribution in [3.63, 3.8) is 0 Å². The topological polar surface area (TPSA) is 110 Å². The summed E-state index contributed by atoms with van der Waals surface area (Å²) in [4.78, 5) is 24.8. The van der Waals surface area contributed by atoms with Gasteiger partial charge in [0.1, 0.15) is 17.4 Å². The summed E-state index contributed by atoms with van der Waals surface area (Å²) in [6.07, 6.45) is -0.982. The van der Waals surface area contributed by atoms with Crippen molar-refractivity contribution in [3.8, 4) is 5.75 Å². The van der Waals surface area contributed by atoms with Crippen LogP contribution in [0.25, 0.3) is 0 Å². The average Bonchev–Trinajstić information content (AvgIpc) is 3.00. The van der Waals surface area contributed by atoms with Gasteiger partial charge in [0.2, 0.25) is 0 Å². The van der Waals surface area contributed by atoms with E-state index in [1.54, 1.807) is 45.0 Å². The third-order valence-corrected chi connectivity index (χ3v) is 6.30. The van der Waals surface area contributed by atoms with E-state index in [4.69, 9.17) is 9.47 Å². The fraction of sp³-hybridized carbons (Fsp3) is 0.556. The molecule has 2 atom stereocenters. The average molecular weight is 399 g/mol. The molecular weight excluding hydrogens is 374 g/mol. The van der Waals surface area contributed by atoms with Gasteiger partial charge >= 0.3 is 12.1 Å². The largest absolute Gasteiger partial charge is 0.497 e. The Bertz CT molecular complexity index is 796. The molecule has 1 aliphatic heterocycles. The number of carboxylic acids is 1. The summed E-state index contributed by atoms with van der Waals surface area (Å²) in [5.74, 6) is -0.877. The molecule has 1 amide bonds. The number of amides is 1. The molecule has 1 heterocycles. The van der Waals surface area contributed by atoms with Crippen LogP contribution >= 0.6 is 0 Å². The van der Waals surface area contributed by atoms with Gasteiger partial charge in [0.25, 0.3) is 0 Å². The Morgan fingerprint density at radius 1 is 1.22 bits per heavy atom. The molecule has 1 saturated heterocycles. The summed E-state index contributed by atoms with van der Waals surface area (Å²) < 4.78 is 35.8. The second-order valence-electron chi connectivity index (χ2n) is 7.50. The number of benzene rings is 1. The Morgan fingerprint density at radius 3 is 2.30 bits per heavy atom. The van der Waals surface area contributed by atoms with Crippen LogP contribution in [0.5, 0.6) is 5.75 Å². The Labute approximate surface area is 159 Å². The molecule has 1 aliphatic rings. The minimum Gasteiger partial charge on any atom is -0.497 e. The molecular formula is C18H25NO7S. The monoisotopic (exact) mass is 399 g/mol. The van der Waals surface area contributed by atoms with E-state index in [2.05, 4.69) is 0 Å². The van der Waals surface area contributed by atoms with E-state index in [0.29, 0.717) is 11.3 Å². The lowest BCUT2D eigenvalue weighted by Crippen LogP contribution is -2.43. The van der Waals surface area contributed by atoms with Gasteiger partial charge in [0.15, 0.2) is 9.84 Å². The third kappa shape index (κ3) is 5.35. The number of carbonyl (C=O) groups excluding carboxylic acids is 1. The lowest BCUT2D eigenvalue weighted by Gasteiger charge is -2.26. The molecule has 2 rings (SSSR count). The van der Waals surface area contributed by atoms with Crippen LogP contribution in [0.2, 0.25) is 0 Å². The molecule has 8 nitrogen and oxygen atoms in total. The first-order chi connectivity index (χ1) is 12.4. The molecule has 1 N–H and O–H groups in total. The van der Waals surface area contributed by atoms with Crippen LogP contribution < -0.4 is 4.74 Å². The second kappa shape index (κ2) is 7.75. The van der Waals surface area contributed by atoms with Gasteiger partial charge in [-0.25, -0.2) is 18.0 Å².